The predicted octanol–water partition coefficient (Wildman–Crippen LogP) is 0.697. The van der Waals surface area contributed by atoms with E-state index in [4.69, 9.17) is 5.73 Å². The van der Waals surface area contributed by atoms with Crippen LogP contribution in [0.5, 0.6) is 0 Å². The fraction of sp³-hybridized carbons (Fsp3) is 1.00. The molecule has 2 N–H and O–H groups in total. The van der Waals surface area contributed by atoms with Crippen molar-refractivity contribution in [2.75, 3.05) is 12.3 Å². The first-order chi connectivity index (χ1) is 3.93. The summed E-state index contributed by atoms with van der Waals surface area (Å²) in [5.74, 6) is 3.34. The Morgan fingerprint density at radius 3 is 2.88 bits per heavy atom. The summed E-state index contributed by atoms with van der Waals surface area (Å²) in [5.41, 5.74) is 5.51. The summed E-state index contributed by atoms with van der Waals surface area (Å²) in [5, 5.41) is 0.986. The van der Waals surface area contributed by atoms with Crippen LogP contribution in [-0.2, 0) is 0 Å². The molecule has 1 unspecified atom stereocenters. The monoisotopic (exact) mass is 129 g/mol. The smallest absolute Gasteiger partial charge is 0.0122 e. The lowest BCUT2D eigenvalue weighted by molar-refractivity contribution is 0.693. The zero-order chi connectivity index (χ0) is 5.56. The topological polar surface area (TPSA) is 26.0 Å². The van der Waals surface area contributed by atoms with Crippen LogP contribution in [0.15, 0.2) is 0 Å². The zero-order valence-electron chi connectivity index (χ0n) is 4.84. The number of hydrogen-bond donors (Lipinski definition) is 1. The standard InChI is InChI=1S/C6H11NS/c7-3-5-4-1-2-8-6(4)5/h4-6H,1-3,7H2/t4-,5?,6-/m1/s1. The van der Waals surface area contributed by atoms with Gasteiger partial charge >= 0.3 is 0 Å². The van der Waals surface area contributed by atoms with E-state index in [0.717, 1.165) is 23.6 Å². The van der Waals surface area contributed by atoms with Crippen LogP contribution in [0.2, 0.25) is 0 Å². The average Bonchev–Trinajstić information content (AvgIpc) is 2.22. The van der Waals surface area contributed by atoms with Crippen LogP contribution >= 0.6 is 11.8 Å². The van der Waals surface area contributed by atoms with Crippen molar-refractivity contribution in [2.24, 2.45) is 17.6 Å². The van der Waals surface area contributed by atoms with E-state index in [-0.39, 0.29) is 0 Å². The summed E-state index contributed by atoms with van der Waals surface area (Å²) in [4.78, 5) is 0. The summed E-state index contributed by atoms with van der Waals surface area (Å²) in [6.07, 6.45) is 1.44. The molecule has 0 aromatic rings. The highest BCUT2D eigenvalue weighted by atomic mass is 32.2. The van der Waals surface area contributed by atoms with Crippen molar-refractivity contribution in [1.29, 1.82) is 0 Å². The molecule has 2 rings (SSSR count). The Hall–Kier alpha value is 0.310. The summed E-state index contributed by atoms with van der Waals surface area (Å²) < 4.78 is 0. The van der Waals surface area contributed by atoms with E-state index in [0.29, 0.717) is 0 Å². The van der Waals surface area contributed by atoms with Crippen LogP contribution in [0, 0.1) is 11.8 Å². The van der Waals surface area contributed by atoms with Gasteiger partial charge in [0.15, 0.2) is 0 Å². The van der Waals surface area contributed by atoms with Gasteiger partial charge in [0, 0.05) is 5.25 Å². The van der Waals surface area contributed by atoms with Crippen LogP contribution in [0.25, 0.3) is 0 Å². The minimum Gasteiger partial charge on any atom is -0.330 e. The molecule has 46 valence electrons. The Labute approximate surface area is 54.0 Å². The van der Waals surface area contributed by atoms with Gasteiger partial charge in [0.25, 0.3) is 0 Å². The Kier molecular flexibility index (Phi) is 1.05. The summed E-state index contributed by atoms with van der Waals surface area (Å²) in [6, 6.07) is 0. The third-order valence-electron chi connectivity index (χ3n) is 2.29. The maximum absolute atomic E-state index is 5.51. The highest BCUT2D eigenvalue weighted by Crippen LogP contribution is 2.55. The van der Waals surface area contributed by atoms with Crippen molar-refractivity contribution < 1.29 is 0 Å². The van der Waals surface area contributed by atoms with Crippen molar-refractivity contribution in [3.63, 3.8) is 0 Å². The van der Waals surface area contributed by atoms with Crippen LogP contribution in [-0.4, -0.2) is 17.5 Å². The first-order valence-corrected chi connectivity index (χ1v) is 4.30. The van der Waals surface area contributed by atoms with Crippen LogP contribution in [0.3, 0.4) is 0 Å². The molecule has 1 heterocycles. The highest BCUT2D eigenvalue weighted by molar-refractivity contribution is 8.00. The molecule has 0 bridgehead atoms. The molecule has 0 spiro atoms. The molecule has 2 heteroatoms. The van der Waals surface area contributed by atoms with Gasteiger partial charge in [-0.1, -0.05) is 0 Å². The van der Waals surface area contributed by atoms with E-state index >= 15 is 0 Å². The molecule has 1 nitrogen and oxygen atoms in total. The Bertz CT molecular complexity index is 87.9. The molecule has 2 fully saturated rings. The maximum atomic E-state index is 5.51. The van der Waals surface area contributed by atoms with Gasteiger partial charge < -0.3 is 5.73 Å². The van der Waals surface area contributed by atoms with Crippen LogP contribution in [0.1, 0.15) is 6.42 Å². The van der Waals surface area contributed by atoms with E-state index in [9.17, 15) is 0 Å². The Morgan fingerprint density at radius 2 is 2.50 bits per heavy atom. The second kappa shape index (κ2) is 1.64. The minimum atomic E-state index is 0.911. The number of fused-ring (bicyclic) bond motifs is 1. The van der Waals surface area contributed by atoms with Crippen LogP contribution < -0.4 is 5.73 Å². The molecule has 1 saturated carbocycles. The first kappa shape index (κ1) is 5.12. The van der Waals surface area contributed by atoms with Crippen molar-refractivity contribution in [2.45, 2.75) is 11.7 Å². The largest absolute Gasteiger partial charge is 0.330 e. The number of hydrogen-bond acceptors (Lipinski definition) is 2. The Morgan fingerprint density at radius 1 is 1.62 bits per heavy atom. The summed E-state index contributed by atoms with van der Waals surface area (Å²) >= 11 is 2.12. The first-order valence-electron chi connectivity index (χ1n) is 3.25. The van der Waals surface area contributed by atoms with Crippen molar-refractivity contribution in [3.05, 3.63) is 0 Å². The molecule has 0 radical (unpaired) electrons. The third-order valence-corrected chi connectivity index (χ3v) is 3.84. The van der Waals surface area contributed by atoms with E-state index in [1.54, 1.807) is 0 Å². The van der Waals surface area contributed by atoms with Crippen molar-refractivity contribution in [1.82, 2.24) is 0 Å². The predicted molar refractivity (Wildman–Crippen MR) is 36.9 cm³/mol. The fourth-order valence-corrected chi connectivity index (χ4v) is 3.42. The normalized spacial score (nSPS) is 51.4. The van der Waals surface area contributed by atoms with Gasteiger partial charge in [-0.3, -0.25) is 0 Å². The van der Waals surface area contributed by atoms with Gasteiger partial charge in [-0.15, -0.1) is 0 Å². The van der Waals surface area contributed by atoms with E-state index < -0.39 is 0 Å². The fourth-order valence-electron chi connectivity index (χ4n) is 1.68. The van der Waals surface area contributed by atoms with E-state index in [2.05, 4.69) is 11.8 Å². The van der Waals surface area contributed by atoms with Gasteiger partial charge in [-0.25, -0.2) is 0 Å². The van der Waals surface area contributed by atoms with E-state index in [1.165, 1.54) is 12.2 Å². The molecule has 2 aliphatic rings. The minimum absolute atomic E-state index is 0.911. The molecule has 1 aliphatic carbocycles. The average molecular weight is 129 g/mol. The molecular formula is C6H11NS. The second-order valence-corrected chi connectivity index (χ2v) is 3.97. The number of thioether (sulfide) groups is 1. The highest BCUT2D eigenvalue weighted by Gasteiger charge is 2.52. The molecule has 1 aliphatic heterocycles. The van der Waals surface area contributed by atoms with Gasteiger partial charge in [-0.2, -0.15) is 11.8 Å². The number of rotatable bonds is 1. The molecule has 0 aromatic carbocycles. The van der Waals surface area contributed by atoms with Gasteiger partial charge in [0.1, 0.15) is 0 Å². The molecule has 1 saturated heterocycles. The van der Waals surface area contributed by atoms with Crippen molar-refractivity contribution in [3.8, 4) is 0 Å². The Balaban J connectivity index is 1.94. The van der Waals surface area contributed by atoms with Gasteiger partial charge in [0.05, 0.1) is 0 Å². The molecule has 0 amide bonds. The molecule has 3 atom stereocenters. The van der Waals surface area contributed by atoms with Crippen molar-refractivity contribution >= 4 is 11.8 Å². The molecule has 0 aromatic heterocycles. The lowest BCUT2D eigenvalue weighted by Crippen LogP contribution is -2.05. The lowest BCUT2D eigenvalue weighted by Gasteiger charge is -1.94. The summed E-state index contributed by atoms with van der Waals surface area (Å²) in [6.45, 7) is 0.933. The molecular weight excluding hydrogens is 118 g/mol. The van der Waals surface area contributed by atoms with Crippen LogP contribution in [0.4, 0.5) is 0 Å². The lowest BCUT2D eigenvalue weighted by atomic mass is 10.2. The van der Waals surface area contributed by atoms with Gasteiger partial charge in [0.2, 0.25) is 0 Å². The quantitative estimate of drug-likeness (QED) is 0.564. The second-order valence-electron chi connectivity index (χ2n) is 2.69. The zero-order valence-corrected chi connectivity index (χ0v) is 5.66. The maximum Gasteiger partial charge on any atom is 0.0122 e. The summed E-state index contributed by atoms with van der Waals surface area (Å²) in [7, 11) is 0. The van der Waals surface area contributed by atoms with Gasteiger partial charge in [-0.05, 0) is 30.6 Å². The number of nitrogens with two attached hydrogens (primary N) is 1. The molecule has 8 heavy (non-hydrogen) atoms. The SMILES string of the molecule is NCC1[C@H]2CCS[C@@H]12. The third kappa shape index (κ3) is 0.531. The van der Waals surface area contributed by atoms with E-state index in [1.807, 2.05) is 0 Å².